The van der Waals surface area contributed by atoms with E-state index in [1.807, 2.05) is 12.1 Å². The monoisotopic (exact) mass is 382 g/mol. The number of hydrogen-bond acceptors (Lipinski definition) is 1. The van der Waals surface area contributed by atoms with Gasteiger partial charge in [-0.1, -0.05) is 29.3 Å². The maximum atomic E-state index is 6.43. The van der Waals surface area contributed by atoms with Crippen LogP contribution in [0, 0.1) is 6.92 Å². The van der Waals surface area contributed by atoms with Gasteiger partial charge in [0, 0.05) is 4.88 Å². The Labute approximate surface area is 134 Å². The van der Waals surface area contributed by atoms with Crippen molar-refractivity contribution in [1.29, 1.82) is 0 Å². The molecule has 18 heavy (non-hydrogen) atoms. The minimum Gasteiger partial charge on any atom is -0.131 e. The first kappa shape index (κ1) is 14.7. The molecule has 1 unspecified atom stereocenters. The molecule has 0 saturated carbocycles. The van der Waals surface area contributed by atoms with Crippen LogP contribution in [-0.4, -0.2) is 0 Å². The number of halogens is 4. The lowest BCUT2D eigenvalue weighted by Gasteiger charge is -2.08. The van der Waals surface area contributed by atoms with E-state index in [1.165, 1.54) is 5.56 Å². The highest BCUT2D eigenvalue weighted by molar-refractivity contribution is 9.11. The molecule has 5 heteroatoms. The van der Waals surface area contributed by atoms with Crippen molar-refractivity contribution in [2.45, 2.75) is 18.7 Å². The van der Waals surface area contributed by atoms with Gasteiger partial charge in [-0.3, -0.25) is 0 Å². The highest BCUT2D eigenvalue weighted by Gasteiger charge is 2.14. The number of hydrogen-bond donors (Lipinski definition) is 0. The fraction of sp³-hybridized carbons (Fsp3) is 0.231. The van der Waals surface area contributed by atoms with Crippen LogP contribution in [0.5, 0.6) is 0 Å². The number of alkyl halides is 1. The Kier molecular flexibility index (Phi) is 5.01. The molecule has 0 nitrogen and oxygen atoms in total. The van der Waals surface area contributed by atoms with Gasteiger partial charge in [-0.2, -0.15) is 0 Å². The Bertz CT molecular complexity index is 546. The first-order chi connectivity index (χ1) is 8.47. The Morgan fingerprint density at radius 3 is 2.50 bits per heavy atom. The second-order valence-corrected chi connectivity index (χ2v) is 7.77. The lowest BCUT2D eigenvalue weighted by Crippen LogP contribution is -1.93. The minimum atomic E-state index is -0.0442. The summed E-state index contributed by atoms with van der Waals surface area (Å²) in [4.78, 5) is 1.16. The summed E-state index contributed by atoms with van der Waals surface area (Å²) in [6, 6.07) is 7.75. The first-order valence-electron chi connectivity index (χ1n) is 5.31. The molecule has 0 fully saturated rings. The van der Waals surface area contributed by atoms with E-state index in [0.29, 0.717) is 10.0 Å². The molecule has 1 aromatic carbocycles. The van der Waals surface area contributed by atoms with Crippen molar-refractivity contribution in [3.05, 3.63) is 54.1 Å². The zero-order chi connectivity index (χ0) is 13.3. The van der Waals surface area contributed by atoms with E-state index in [9.17, 15) is 0 Å². The van der Waals surface area contributed by atoms with Crippen LogP contribution < -0.4 is 0 Å². The standard InChI is InChI=1S/C13H10BrCl3S/c1-7-4-12(18-13(7)14)11(17)6-8-2-3-9(15)10(16)5-8/h2-5,11H,6H2,1H3. The van der Waals surface area contributed by atoms with Crippen molar-refractivity contribution in [3.63, 3.8) is 0 Å². The van der Waals surface area contributed by atoms with Gasteiger partial charge >= 0.3 is 0 Å². The molecule has 1 heterocycles. The molecule has 0 aliphatic carbocycles. The fourth-order valence-corrected chi connectivity index (χ4v) is 3.86. The van der Waals surface area contributed by atoms with Crippen molar-refractivity contribution in [2.75, 3.05) is 0 Å². The summed E-state index contributed by atoms with van der Waals surface area (Å²) in [5.74, 6) is 0. The highest BCUT2D eigenvalue weighted by atomic mass is 79.9. The predicted molar refractivity (Wildman–Crippen MR) is 85.5 cm³/mol. The van der Waals surface area contributed by atoms with Crippen molar-refractivity contribution >= 4 is 62.1 Å². The third kappa shape index (κ3) is 3.43. The number of benzene rings is 1. The number of aryl methyl sites for hydroxylation is 1. The third-order valence-corrected chi connectivity index (χ3v) is 6.09. The van der Waals surface area contributed by atoms with Crippen LogP contribution in [0.1, 0.15) is 21.4 Å². The van der Waals surface area contributed by atoms with Crippen LogP contribution in [0.4, 0.5) is 0 Å². The smallest absolute Gasteiger partial charge is 0.0731 e. The van der Waals surface area contributed by atoms with Crippen LogP contribution in [0.2, 0.25) is 10.0 Å². The molecule has 0 aliphatic heterocycles. The average molecular weight is 385 g/mol. The maximum absolute atomic E-state index is 6.43. The third-order valence-electron chi connectivity index (χ3n) is 2.58. The summed E-state index contributed by atoms with van der Waals surface area (Å²) in [6.45, 7) is 2.06. The highest BCUT2D eigenvalue weighted by Crippen LogP contribution is 2.36. The molecule has 0 saturated heterocycles. The van der Waals surface area contributed by atoms with Gasteiger partial charge in [0.25, 0.3) is 0 Å². The summed E-state index contributed by atoms with van der Waals surface area (Å²) in [6.07, 6.45) is 0.741. The first-order valence-corrected chi connectivity index (χ1v) is 8.11. The van der Waals surface area contributed by atoms with Gasteiger partial charge in [0.15, 0.2) is 0 Å². The summed E-state index contributed by atoms with van der Waals surface area (Å²) in [7, 11) is 0. The molecule has 96 valence electrons. The Hall–Kier alpha value is 0.270. The van der Waals surface area contributed by atoms with Crippen LogP contribution in [0.15, 0.2) is 28.1 Å². The SMILES string of the molecule is Cc1cc(C(Cl)Cc2ccc(Cl)c(Cl)c2)sc1Br. The number of thiophene rings is 1. The van der Waals surface area contributed by atoms with Crippen molar-refractivity contribution in [2.24, 2.45) is 0 Å². The van der Waals surface area contributed by atoms with Crippen molar-refractivity contribution < 1.29 is 0 Å². The zero-order valence-electron chi connectivity index (χ0n) is 9.51. The van der Waals surface area contributed by atoms with E-state index in [4.69, 9.17) is 34.8 Å². The molecule has 0 bridgehead atoms. The van der Waals surface area contributed by atoms with E-state index in [0.717, 1.165) is 20.6 Å². The molecule has 0 N–H and O–H groups in total. The van der Waals surface area contributed by atoms with Crippen LogP contribution in [0.25, 0.3) is 0 Å². The van der Waals surface area contributed by atoms with Gasteiger partial charge in [-0.05, 0) is 58.6 Å². The molecule has 1 atom stereocenters. The van der Waals surface area contributed by atoms with Gasteiger partial charge in [-0.15, -0.1) is 22.9 Å². The van der Waals surface area contributed by atoms with E-state index in [2.05, 4.69) is 28.9 Å². The molecule has 0 radical (unpaired) electrons. The normalized spacial score (nSPS) is 12.7. The van der Waals surface area contributed by atoms with Gasteiger partial charge in [0.1, 0.15) is 0 Å². The van der Waals surface area contributed by atoms with Gasteiger partial charge in [0.05, 0.1) is 19.2 Å². The van der Waals surface area contributed by atoms with Crippen LogP contribution >= 0.6 is 62.1 Å². The second-order valence-electron chi connectivity index (χ2n) is 4.03. The molecule has 0 aliphatic rings. The largest absolute Gasteiger partial charge is 0.131 e. The molecule has 0 spiro atoms. The quantitative estimate of drug-likeness (QED) is 0.520. The maximum Gasteiger partial charge on any atom is 0.0731 e. The van der Waals surface area contributed by atoms with Crippen molar-refractivity contribution in [3.8, 4) is 0 Å². The fourth-order valence-electron chi connectivity index (χ4n) is 1.61. The van der Waals surface area contributed by atoms with Gasteiger partial charge < -0.3 is 0 Å². The molecule has 2 aromatic rings. The number of rotatable bonds is 3. The van der Waals surface area contributed by atoms with E-state index < -0.39 is 0 Å². The molecular weight excluding hydrogens is 374 g/mol. The van der Waals surface area contributed by atoms with Crippen molar-refractivity contribution in [1.82, 2.24) is 0 Å². The predicted octanol–water partition coefficient (Wildman–Crippen LogP) is 6.65. The Morgan fingerprint density at radius 1 is 1.22 bits per heavy atom. The molecular formula is C13H10BrCl3S. The Balaban J connectivity index is 2.15. The second kappa shape index (κ2) is 6.15. The lowest BCUT2D eigenvalue weighted by atomic mass is 10.1. The van der Waals surface area contributed by atoms with E-state index in [-0.39, 0.29) is 5.38 Å². The van der Waals surface area contributed by atoms with E-state index in [1.54, 1.807) is 17.4 Å². The summed E-state index contributed by atoms with van der Waals surface area (Å²) < 4.78 is 1.14. The van der Waals surface area contributed by atoms with Crippen LogP contribution in [0.3, 0.4) is 0 Å². The summed E-state index contributed by atoms with van der Waals surface area (Å²) in [5, 5.41) is 1.10. The zero-order valence-corrected chi connectivity index (χ0v) is 14.2. The van der Waals surface area contributed by atoms with Gasteiger partial charge in [-0.25, -0.2) is 0 Å². The topological polar surface area (TPSA) is 0 Å². The average Bonchev–Trinajstić information content (AvgIpc) is 2.65. The summed E-state index contributed by atoms with van der Waals surface area (Å²) in [5.41, 5.74) is 2.31. The van der Waals surface area contributed by atoms with E-state index >= 15 is 0 Å². The van der Waals surface area contributed by atoms with Crippen LogP contribution in [-0.2, 0) is 6.42 Å². The Morgan fingerprint density at radius 2 is 1.94 bits per heavy atom. The molecule has 2 rings (SSSR count). The lowest BCUT2D eigenvalue weighted by molar-refractivity contribution is 0.939. The minimum absolute atomic E-state index is 0.0442. The molecule has 0 amide bonds. The van der Waals surface area contributed by atoms with Gasteiger partial charge in [0.2, 0.25) is 0 Å². The molecule has 1 aromatic heterocycles. The summed E-state index contributed by atoms with van der Waals surface area (Å²) >= 11 is 23.5.